The zero-order valence-electron chi connectivity index (χ0n) is 8.87. The van der Waals surface area contributed by atoms with Gasteiger partial charge in [-0.2, -0.15) is 0 Å². The zero-order chi connectivity index (χ0) is 10.3. The standard InChI is InChI=1S/C12H15NS/c1-4-13-9(3)11-7-8(2)5-6-10(11)12(13)14/h5-7,9H,4H2,1-3H3. The Hall–Kier alpha value is -0.890. The molecule has 1 aliphatic heterocycles. The molecule has 1 atom stereocenters. The van der Waals surface area contributed by atoms with E-state index < -0.39 is 0 Å². The highest BCUT2D eigenvalue weighted by atomic mass is 32.1. The van der Waals surface area contributed by atoms with Gasteiger partial charge in [-0.05, 0) is 26.3 Å². The number of benzene rings is 1. The fraction of sp³-hybridized carbons (Fsp3) is 0.417. The Bertz CT molecular complexity index is 384. The van der Waals surface area contributed by atoms with Crippen molar-refractivity contribution >= 4 is 17.2 Å². The van der Waals surface area contributed by atoms with Crippen LogP contribution in [0.3, 0.4) is 0 Å². The molecule has 1 aromatic rings. The molecule has 2 heteroatoms. The topological polar surface area (TPSA) is 3.24 Å². The summed E-state index contributed by atoms with van der Waals surface area (Å²) in [5, 5.41) is 0. The van der Waals surface area contributed by atoms with Gasteiger partial charge < -0.3 is 4.90 Å². The molecule has 2 rings (SSSR count). The normalized spacial score (nSPS) is 20.1. The molecule has 0 bridgehead atoms. The Kier molecular flexibility index (Phi) is 2.31. The highest BCUT2D eigenvalue weighted by Gasteiger charge is 2.29. The first-order chi connectivity index (χ1) is 6.65. The van der Waals surface area contributed by atoms with Crippen molar-refractivity contribution in [1.29, 1.82) is 0 Å². The fourth-order valence-electron chi connectivity index (χ4n) is 2.14. The van der Waals surface area contributed by atoms with Gasteiger partial charge in [-0.3, -0.25) is 0 Å². The maximum absolute atomic E-state index is 5.44. The molecular formula is C12H15NS. The summed E-state index contributed by atoms with van der Waals surface area (Å²) in [5.41, 5.74) is 3.95. The summed E-state index contributed by atoms with van der Waals surface area (Å²) in [5.74, 6) is 0. The van der Waals surface area contributed by atoms with Crippen LogP contribution in [-0.2, 0) is 0 Å². The van der Waals surface area contributed by atoms with Gasteiger partial charge >= 0.3 is 0 Å². The van der Waals surface area contributed by atoms with Crippen molar-refractivity contribution in [2.45, 2.75) is 26.8 Å². The average Bonchev–Trinajstić information content (AvgIpc) is 2.39. The highest BCUT2D eigenvalue weighted by Crippen LogP contribution is 2.33. The molecule has 1 unspecified atom stereocenters. The van der Waals surface area contributed by atoms with Crippen LogP contribution in [-0.4, -0.2) is 16.4 Å². The number of fused-ring (bicyclic) bond motifs is 1. The van der Waals surface area contributed by atoms with Gasteiger partial charge in [0.05, 0.1) is 6.04 Å². The maximum Gasteiger partial charge on any atom is 0.110 e. The van der Waals surface area contributed by atoms with Gasteiger partial charge in [0.2, 0.25) is 0 Å². The third-order valence-electron chi connectivity index (χ3n) is 2.96. The van der Waals surface area contributed by atoms with Crippen LogP contribution in [0.5, 0.6) is 0 Å². The molecule has 14 heavy (non-hydrogen) atoms. The van der Waals surface area contributed by atoms with Gasteiger partial charge in [-0.25, -0.2) is 0 Å². The van der Waals surface area contributed by atoms with E-state index >= 15 is 0 Å². The molecule has 0 saturated carbocycles. The van der Waals surface area contributed by atoms with Crippen LogP contribution in [0.2, 0.25) is 0 Å². The van der Waals surface area contributed by atoms with Gasteiger partial charge in [0.1, 0.15) is 4.99 Å². The molecule has 1 aromatic carbocycles. The van der Waals surface area contributed by atoms with Crippen molar-refractivity contribution in [3.63, 3.8) is 0 Å². The van der Waals surface area contributed by atoms with Crippen LogP contribution in [0, 0.1) is 6.92 Å². The SMILES string of the molecule is CCN1C(=S)c2ccc(C)cc2C1C. The monoisotopic (exact) mass is 205 g/mol. The van der Waals surface area contributed by atoms with Crippen molar-refractivity contribution in [2.75, 3.05) is 6.54 Å². The van der Waals surface area contributed by atoms with E-state index in [1.807, 2.05) is 0 Å². The first kappa shape index (κ1) is 9.66. The van der Waals surface area contributed by atoms with E-state index in [4.69, 9.17) is 12.2 Å². The Labute approximate surface area is 90.7 Å². The predicted octanol–water partition coefficient (Wildman–Crippen LogP) is 3.07. The molecule has 0 spiro atoms. The predicted molar refractivity (Wildman–Crippen MR) is 63.7 cm³/mol. The van der Waals surface area contributed by atoms with Crippen LogP contribution in [0.4, 0.5) is 0 Å². The molecule has 0 radical (unpaired) electrons. The molecule has 1 aliphatic rings. The van der Waals surface area contributed by atoms with Gasteiger partial charge in [-0.1, -0.05) is 36.0 Å². The van der Waals surface area contributed by atoms with E-state index in [0.717, 1.165) is 11.5 Å². The van der Waals surface area contributed by atoms with E-state index in [-0.39, 0.29) is 0 Å². The third-order valence-corrected chi connectivity index (χ3v) is 3.41. The quantitative estimate of drug-likeness (QED) is 0.648. The number of hydrogen-bond donors (Lipinski definition) is 0. The Morgan fingerprint density at radius 1 is 1.43 bits per heavy atom. The Morgan fingerprint density at radius 2 is 2.14 bits per heavy atom. The summed E-state index contributed by atoms with van der Waals surface area (Å²) < 4.78 is 0. The first-order valence-electron chi connectivity index (χ1n) is 5.06. The molecule has 1 heterocycles. The van der Waals surface area contributed by atoms with Crippen molar-refractivity contribution in [1.82, 2.24) is 4.90 Å². The van der Waals surface area contributed by atoms with Crippen LogP contribution in [0.25, 0.3) is 0 Å². The molecule has 0 aromatic heterocycles. The zero-order valence-corrected chi connectivity index (χ0v) is 9.69. The molecule has 1 nitrogen and oxygen atoms in total. The van der Waals surface area contributed by atoms with Crippen molar-refractivity contribution in [3.05, 3.63) is 34.9 Å². The molecule has 0 amide bonds. The smallest absolute Gasteiger partial charge is 0.110 e. The van der Waals surface area contributed by atoms with E-state index in [9.17, 15) is 0 Å². The van der Waals surface area contributed by atoms with Crippen LogP contribution in [0.15, 0.2) is 18.2 Å². The molecule has 0 saturated heterocycles. The number of hydrogen-bond acceptors (Lipinski definition) is 1. The second-order valence-electron chi connectivity index (χ2n) is 3.86. The molecule has 0 N–H and O–H groups in total. The number of thiocarbonyl (C=S) groups is 1. The summed E-state index contributed by atoms with van der Waals surface area (Å²) in [6, 6.07) is 6.99. The number of rotatable bonds is 1. The largest absolute Gasteiger partial charge is 0.356 e. The summed E-state index contributed by atoms with van der Waals surface area (Å²) in [4.78, 5) is 3.29. The number of aryl methyl sites for hydroxylation is 1. The van der Waals surface area contributed by atoms with Crippen molar-refractivity contribution in [3.8, 4) is 0 Å². The minimum absolute atomic E-state index is 0.447. The lowest BCUT2D eigenvalue weighted by Gasteiger charge is -2.21. The molecule has 74 valence electrons. The Morgan fingerprint density at radius 3 is 2.79 bits per heavy atom. The lowest BCUT2D eigenvalue weighted by Crippen LogP contribution is -2.25. The molecule has 0 fully saturated rings. The van der Waals surface area contributed by atoms with Gasteiger partial charge in [-0.15, -0.1) is 0 Å². The highest BCUT2D eigenvalue weighted by molar-refractivity contribution is 7.80. The Balaban J connectivity index is 2.52. The van der Waals surface area contributed by atoms with Crippen LogP contribution in [0.1, 0.15) is 36.6 Å². The minimum atomic E-state index is 0.447. The van der Waals surface area contributed by atoms with E-state index in [2.05, 4.69) is 43.9 Å². The summed E-state index contributed by atoms with van der Waals surface area (Å²) in [7, 11) is 0. The lowest BCUT2D eigenvalue weighted by atomic mass is 10.0. The average molecular weight is 205 g/mol. The van der Waals surface area contributed by atoms with Crippen molar-refractivity contribution < 1.29 is 0 Å². The summed E-state index contributed by atoms with van der Waals surface area (Å²) in [6.45, 7) is 7.50. The minimum Gasteiger partial charge on any atom is -0.356 e. The second kappa shape index (κ2) is 3.35. The maximum atomic E-state index is 5.44. The summed E-state index contributed by atoms with van der Waals surface area (Å²) in [6.07, 6.45) is 0. The van der Waals surface area contributed by atoms with Crippen molar-refractivity contribution in [2.24, 2.45) is 0 Å². The van der Waals surface area contributed by atoms with Crippen LogP contribution >= 0.6 is 12.2 Å². The van der Waals surface area contributed by atoms with Crippen LogP contribution < -0.4 is 0 Å². The van der Waals surface area contributed by atoms with Gasteiger partial charge in [0, 0.05) is 12.1 Å². The molecule has 0 aliphatic carbocycles. The van der Waals surface area contributed by atoms with Gasteiger partial charge in [0.15, 0.2) is 0 Å². The van der Waals surface area contributed by atoms with E-state index in [0.29, 0.717) is 6.04 Å². The second-order valence-corrected chi connectivity index (χ2v) is 4.24. The van der Waals surface area contributed by atoms with Gasteiger partial charge in [0.25, 0.3) is 0 Å². The third kappa shape index (κ3) is 1.25. The molecular weight excluding hydrogens is 190 g/mol. The number of nitrogens with zero attached hydrogens (tertiary/aromatic N) is 1. The fourth-order valence-corrected chi connectivity index (χ4v) is 2.61. The van der Waals surface area contributed by atoms with E-state index in [1.54, 1.807) is 0 Å². The van der Waals surface area contributed by atoms with E-state index in [1.165, 1.54) is 16.7 Å². The lowest BCUT2D eigenvalue weighted by molar-refractivity contribution is 0.377. The summed E-state index contributed by atoms with van der Waals surface area (Å²) >= 11 is 5.44. The first-order valence-corrected chi connectivity index (χ1v) is 5.47.